The Morgan fingerprint density at radius 1 is 0.315 bits per heavy atom. The highest BCUT2D eigenvalue weighted by molar-refractivity contribution is 5.90. The van der Waals surface area contributed by atoms with Gasteiger partial charge in [0.1, 0.15) is 37.1 Å². The lowest BCUT2D eigenvalue weighted by Gasteiger charge is -2.31. The van der Waals surface area contributed by atoms with Crippen LogP contribution >= 0.6 is 0 Å². The lowest BCUT2D eigenvalue weighted by Crippen LogP contribution is -2.30. The van der Waals surface area contributed by atoms with E-state index in [9.17, 15) is 0 Å². The van der Waals surface area contributed by atoms with Gasteiger partial charge in [-0.1, -0.05) is 59.7 Å². The smallest absolute Gasteiger partial charge is 0.257 e. The van der Waals surface area contributed by atoms with Crippen molar-refractivity contribution < 1.29 is 18.9 Å². The summed E-state index contributed by atoms with van der Waals surface area (Å²) >= 11 is 0. The summed E-state index contributed by atoms with van der Waals surface area (Å²) in [7, 11) is 2.13. The number of benzene rings is 3. The molecule has 0 unspecified atom stereocenters. The van der Waals surface area contributed by atoms with E-state index in [1.807, 2.05) is 82.2 Å². The molecule has 12 heteroatoms. The number of fused-ring (bicyclic) bond motifs is 6. The highest BCUT2D eigenvalue weighted by Crippen LogP contribution is 2.39. The van der Waals surface area contributed by atoms with Crippen molar-refractivity contribution in [3.8, 4) is 23.1 Å². The van der Waals surface area contributed by atoms with E-state index in [2.05, 4.69) is 197 Å². The van der Waals surface area contributed by atoms with E-state index < -0.39 is 0 Å². The topological polar surface area (TPSA) is 130 Å². The van der Waals surface area contributed by atoms with Gasteiger partial charge in [0.25, 0.3) is 5.88 Å². The lowest BCUT2D eigenvalue weighted by molar-refractivity contribution is 0.163. The van der Waals surface area contributed by atoms with Crippen LogP contribution in [-0.4, -0.2) is 74.9 Å². The van der Waals surface area contributed by atoms with Gasteiger partial charge in [0.05, 0.1) is 46.6 Å². The minimum Gasteiger partial charge on any atom is -0.491 e. The van der Waals surface area contributed by atoms with Crippen LogP contribution in [0.2, 0.25) is 0 Å². The zero-order valence-corrected chi connectivity index (χ0v) is 60.4. The number of pyridine rings is 5. The molecule has 12 nitrogen and oxygen atoms in total. The number of nitrogens with zero attached hydrogens (tertiary/aromatic N) is 8. The van der Waals surface area contributed by atoms with E-state index in [1.54, 1.807) is 0 Å². The first-order chi connectivity index (χ1) is 42.1. The van der Waals surface area contributed by atoms with Crippen LogP contribution in [0.1, 0.15) is 176 Å². The molecule has 0 amide bonds. The minimum atomic E-state index is 0.600. The maximum atomic E-state index is 5.72. The van der Waals surface area contributed by atoms with Crippen molar-refractivity contribution in [1.29, 1.82) is 0 Å². The first kappa shape index (κ1) is 73.7. The van der Waals surface area contributed by atoms with E-state index in [4.69, 9.17) is 23.9 Å². The standard InChI is InChI=1S/C15H19N.2C13H16N2.C12H17NO.C9H11NO2.C9H11NO.3C2H6/c1-8-7-9(2)15-14(10(8)3)12(5)11(4)13(6)16-15;1-7-6-8(2)14-13-10(4)9(3)11(5)15-12(7)13;1-7-6-8(2)13-12(9(7)3)10(4)14-11(5)15-13;1-8-7-9(2)12-11(10(8)3)13(4)5-6-14-12;1-6-5-7(2)10-9-8(6)11-3-4-12-9;1-6-5-7(2)10-8-3-4-11-9(6)8;3*1-2/h7H,1-6H3;2*6H,1-5H3;7H,5-6H2,1-4H3;5H,3-4H2,1-2H3;5H,3-4H2,1-2H3;3*1-2H3. The van der Waals surface area contributed by atoms with Crippen LogP contribution in [0.3, 0.4) is 0 Å². The zero-order chi connectivity index (χ0) is 67.0. The van der Waals surface area contributed by atoms with Crippen molar-refractivity contribution in [3.63, 3.8) is 0 Å². The fraction of sp³-hybridized carbons (Fsp3) is 0.468. The Labute approximate surface area is 536 Å². The van der Waals surface area contributed by atoms with Gasteiger partial charge >= 0.3 is 0 Å². The normalized spacial score (nSPS) is 12.0. The zero-order valence-electron chi connectivity index (χ0n) is 60.4. The predicted octanol–water partition coefficient (Wildman–Crippen LogP) is 19.1. The van der Waals surface area contributed by atoms with Crippen molar-refractivity contribution >= 4 is 38.5 Å². The second-order valence-electron chi connectivity index (χ2n) is 23.2. The quantitative estimate of drug-likeness (QED) is 0.143. The fourth-order valence-electron chi connectivity index (χ4n) is 11.4. The first-order valence-electron chi connectivity index (χ1n) is 32.2. The molecule has 0 saturated heterocycles. The predicted molar refractivity (Wildman–Crippen MR) is 378 cm³/mol. The van der Waals surface area contributed by atoms with Crippen LogP contribution < -0.4 is 23.8 Å². The van der Waals surface area contributed by atoms with Gasteiger partial charge in [-0.2, -0.15) is 0 Å². The minimum absolute atomic E-state index is 0.600. The monoisotopic (exact) mass is 1210 g/mol. The van der Waals surface area contributed by atoms with Crippen LogP contribution in [0, 0.1) is 159 Å². The van der Waals surface area contributed by atoms with Gasteiger partial charge < -0.3 is 23.8 Å². The molecule has 9 heterocycles. The molecule has 0 radical (unpaired) electrons. The molecular formula is C77H108N8O4. The third-order valence-electron chi connectivity index (χ3n) is 16.6. The van der Waals surface area contributed by atoms with Crippen molar-refractivity contribution in [3.05, 3.63) is 171 Å². The van der Waals surface area contributed by atoms with Crippen molar-refractivity contribution in [2.45, 2.75) is 207 Å². The summed E-state index contributed by atoms with van der Waals surface area (Å²) in [5.41, 5.74) is 33.7. The number of hydrogen-bond acceptors (Lipinski definition) is 12. The molecule has 480 valence electrons. The number of anilines is 1. The molecule has 0 atom stereocenters. The summed E-state index contributed by atoms with van der Waals surface area (Å²) in [6.07, 6.45) is 0.970. The molecule has 0 spiro atoms. The van der Waals surface area contributed by atoms with E-state index >= 15 is 0 Å². The van der Waals surface area contributed by atoms with Crippen LogP contribution in [0.15, 0.2) is 36.4 Å². The molecule has 0 N–H and O–H groups in total. The van der Waals surface area contributed by atoms with E-state index in [0.29, 0.717) is 19.1 Å². The molecular weight excluding hydrogens is 1100 g/mol. The summed E-state index contributed by atoms with van der Waals surface area (Å²) in [6.45, 7) is 64.1. The summed E-state index contributed by atoms with van der Waals surface area (Å²) in [6, 6.07) is 12.8. The Hall–Kier alpha value is -7.73. The van der Waals surface area contributed by atoms with Crippen molar-refractivity contribution in [2.24, 2.45) is 0 Å². The second kappa shape index (κ2) is 33.2. The Morgan fingerprint density at radius 2 is 0.753 bits per heavy atom. The highest BCUT2D eigenvalue weighted by atomic mass is 16.6. The molecule has 0 bridgehead atoms. The van der Waals surface area contributed by atoms with Crippen LogP contribution in [0.25, 0.3) is 32.8 Å². The molecule has 9 aromatic rings. The Morgan fingerprint density at radius 3 is 1.36 bits per heavy atom. The maximum absolute atomic E-state index is 5.72. The molecule has 0 aliphatic carbocycles. The van der Waals surface area contributed by atoms with Gasteiger partial charge in [-0.15, -0.1) is 0 Å². The number of ether oxygens (including phenoxy) is 4. The summed E-state index contributed by atoms with van der Waals surface area (Å²) < 4.78 is 21.9. The molecule has 3 aromatic carbocycles. The Kier molecular flexibility index (Phi) is 27.5. The SMILES string of the molecule is CC.CC.CC.Cc1cc(C)c2c(c1C)N(C)CCO2.Cc1cc(C)c2c(n1)CCO2.Cc1cc(C)c2c(n1)OCCO2.Cc1cc(C)c2nc(C)c(C)c(C)c2c1C.Cc1cc(C)c2nc(C)c(C)c(C)c2n1.Cc1nc(C)c2c(C)c(C)cc(C)c2n1. The van der Waals surface area contributed by atoms with Crippen molar-refractivity contribution in [1.82, 2.24) is 34.9 Å². The van der Waals surface area contributed by atoms with Gasteiger partial charge in [0, 0.05) is 58.4 Å². The van der Waals surface area contributed by atoms with Gasteiger partial charge in [-0.3, -0.25) is 19.9 Å². The van der Waals surface area contributed by atoms with E-state index in [0.717, 1.165) is 111 Å². The largest absolute Gasteiger partial charge is 0.491 e. The molecule has 12 rings (SSSR count). The lowest BCUT2D eigenvalue weighted by atomic mass is 9.94. The van der Waals surface area contributed by atoms with E-state index in [1.165, 1.54) is 105 Å². The number of aryl methyl sites for hydroxylation is 20. The van der Waals surface area contributed by atoms with Crippen LogP contribution in [0.4, 0.5) is 5.69 Å². The summed E-state index contributed by atoms with van der Waals surface area (Å²) in [4.78, 5) is 33.8. The number of likely N-dealkylation sites (N-methyl/N-ethyl adjacent to an activating group) is 1. The fourth-order valence-corrected chi connectivity index (χ4v) is 11.4. The van der Waals surface area contributed by atoms with Crippen molar-refractivity contribution in [2.75, 3.05) is 44.9 Å². The van der Waals surface area contributed by atoms with Gasteiger partial charge in [-0.05, 0) is 266 Å². The molecule has 6 aromatic heterocycles. The number of rotatable bonds is 0. The van der Waals surface area contributed by atoms with E-state index in [-0.39, 0.29) is 0 Å². The Bertz CT molecular complexity index is 3930. The van der Waals surface area contributed by atoms with Crippen LogP contribution in [-0.2, 0) is 6.42 Å². The maximum Gasteiger partial charge on any atom is 0.257 e. The third-order valence-corrected chi connectivity index (χ3v) is 16.6. The average molecular weight is 1210 g/mol. The highest BCUT2D eigenvalue weighted by Gasteiger charge is 2.21. The average Bonchev–Trinajstić information content (AvgIpc) is 1.82. The molecule has 89 heavy (non-hydrogen) atoms. The number of hydrogen-bond donors (Lipinski definition) is 0. The summed E-state index contributed by atoms with van der Waals surface area (Å²) in [5, 5.41) is 2.57. The second-order valence-corrected chi connectivity index (χ2v) is 23.2. The van der Waals surface area contributed by atoms with Gasteiger partial charge in [0.15, 0.2) is 5.75 Å². The number of aromatic nitrogens is 7. The van der Waals surface area contributed by atoms with Crippen LogP contribution in [0.5, 0.6) is 23.1 Å². The van der Waals surface area contributed by atoms with Gasteiger partial charge in [-0.25, -0.2) is 15.0 Å². The molecule has 3 aliphatic rings. The molecule has 0 saturated carbocycles. The van der Waals surface area contributed by atoms with Gasteiger partial charge in [0.2, 0.25) is 0 Å². The molecule has 3 aliphatic heterocycles. The molecule has 0 fully saturated rings. The third kappa shape index (κ3) is 17.6. The first-order valence-corrected chi connectivity index (χ1v) is 32.2. The summed E-state index contributed by atoms with van der Waals surface area (Å²) in [5.74, 6) is 4.37. The Balaban J connectivity index is 0.000000225.